The van der Waals surface area contributed by atoms with Crippen molar-refractivity contribution in [3.8, 4) is 0 Å². The van der Waals surface area contributed by atoms with Crippen LogP contribution in [0.25, 0.3) is 0 Å². The molecule has 0 spiro atoms. The van der Waals surface area contributed by atoms with Gasteiger partial charge in [0.15, 0.2) is 12.2 Å². The van der Waals surface area contributed by atoms with Gasteiger partial charge < -0.3 is 33.8 Å². The van der Waals surface area contributed by atoms with Crippen LogP contribution >= 0.6 is 15.6 Å². The maximum atomic E-state index is 13.0. The van der Waals surface area contributed by atoms with Crippen LogP contribution in [0.5, 0.6) is 0 Å². The lowest BCUT2D eigenvalue weighted by atomic mass is 10.0. The highest BCUT2D eigenvalue weighted by molar-refractivity contribution is 7.47. The number of aliphatic hydroxyl groups is 1. The summed E-state index contributed by atoms with van der Waals surface area (Å²) in [5, 5.41) is 10.6. The minimum atomic E-state index is -4.95. The fourth-order valence-corrected chi connectivity index (χ4v) is 12.5. The van der Waals surface area contributed by atoms with E-state index in [9.17, 15) is 43.2 Å². The van der Waals surface area contributed by atoms with Crippen molar-refractivity contribution in [2.45, 2.75) is 387 Å². The molecule has 19 heteroatoms. The first-order valence-corrected chi connectivity index (χ1v) is 40.5. The number of rotatable bonds is 71. The predicted octanol–water partition coefficient (Wildman–Crippen LogP) is 20.8. The molecule has 0 radical (unpaired) electrons. The van der Waals surface area contributed by atoms with Crippen LogP contribution in [0, 0.1) is 11.8 Å². The second-order valence-corrected chi connectivity index (χ2v) is 29.8. The smallest absolute Gasteiger partial charge is 0.462 e. The van der Waals surface area contributed by atoms with E-state index in [1.807, 2.05) is 0 Å². The van der Waals surface area contributed by atoms with Crippen LogP contribution < -0.4 is 0 Å². The van der Waals surface area contributed by atoms with Crippen molar-refractivity contribution in [3.05, 3.63) is 0 Å². The molecular formula is C72H140O17P2. The molecule has 0 aliphatic carbocycles. The Balaban J connectivity index is 5.23. The van der Waals surface area contributed by atoms with E-state index < -0.39 is 97.5 Å². The Hall–Kier alpha value is -1.94. The quantitative estimate of drug-likeness (QED) is 0.0222. The molecule has 91 heavy (non-hydrogen) atoms. The third-order valence-corrected chi connectivity index (χ3v) is 18.6. The Kier molecular flexibility index (Phi) is 62.7. The number of phosphoric acid groups is 2. The number of hydrogen-bond acceptors (Lipinski definition) is 15. The summed E-state index contributed by atoms with van der Waals surface area (Å²) in [5.41, 5.74) is 0. The van der Waals surface area contributed by atoms with Crippen molar-refractivity contribution < 1.29 is 80.2 Å². The van der Waals surface area contributed by atoms with Gasteiger partial charge in [0.05, 0.1) is 26.4 Å². The minimum Gasteiger partial charge on any atom is -0.462 e. The van der Waals surface area contributed by atoms with Gasteiger partial charge in [0.1, 0.15) is 19.3 Å². The molecule has 540 valence electrons. The van der Waals surface area contributed by atoms with Gasteiger partial charge in [-0.25, -0.2) is 9.13 Å². The second-order valence-electron chi connectivity index (χ2n) is 26.9. The predicted molar refractivity (Wildman–Crippen MR) is 368 cm³/mol. The van der Waals surface area contributed by atoms with Crippen molar-refractivity contribution in [1.29, 1.82) is 0 Å². The lowest BCUT2D eigenvalue weighted by Crippen LogP contribution is -2.30. The highest BCUT2D eigenvalue weighted by atomic mass is 31.2. The Morgan fingerprint density at radius 1 is 0.297 bits per heavy atom. The summed E-state index contributed by atoms with van der Waals surface area (Å²) < 4.78 is 68.3. The maximum Gasteiger partial charge on any atom is 0.472 e. The monoisotopic (exact) mass is 1340 g/mol. The van der Waals surface area contributed by atoms with E-state index in [1.165, 1.54) is 186 Å². The van der Waals surface area contributed by atoms with Crippen LogP contribution in [0.4, 0.5) is 0 Å². The Morgan fingerprint density at radius 2 is 0.505 bits per heavy atom. The van der Waals surface area contributed by atoms with Crippen molar-refractivity contribution in [2.75, 3.05) is 39.6 Å². The number of esters is 4. The van der Waals surface area contributed by atoms with Crippen LogP contribution in [0.1, 0.15) is 369 Å². The Morgan fingerprint density at radius 3 is 0.747 bits per heavy atom. The van der Waals surface area contributed by atoms with Gasteiger partial charge in [0.2, 0.25) is 0 Å². The van der Waals surface area contributed by atoms with E-state index in [2.05, 4.69) is 41.5 Å². The van der Waals surface area contributed by atoms with Crippen LogP contribution in [0.2, 0.25) is 0 Å². The molecule has 5 atom stereocenters. The standard InChI is InChI=1S/C72H140O17P2/c1-7-9-11-13-15-17-18-19-20-23-26-30-37-43-49-55-70(75)83-61-67(88-71(76)56-50-44-38-31-27-24-21-22-25-29-34-40-46-52-64(3)4)62-86-90(78,79)84-58-66(73)59-85-91(80,81)87-63-68(60-82-69(74)54-48-42-36-28-16-14-12-10-8-2)89-72(77)57-51-45-39-33-32-35-41-47-53-65(5)6/h64-68,73H,7-63H2,1-6H3,(H,78,79)(H,80,81)/t66-,67-,68-/m1/s1. The van der Waals surface area contributed by atoms with E-state index >= 15 is 0 Å². The van der Waals surface area contributed by atoms with E-state index in [0.717, 1.165) is 102 Å². The summed E-state index contributed by atoms with van der Waals surface area (Å²) in [5.74, 6) is -0.618. The molecule has 17 nitrogen and oxygen atoms in total. The summed E-state index contributed by atoms with van der Waals surface area (Å²) in [4.78, 5) is 72.6. The first-order chi connectivity index (χ1) is 43.9. The van der Waals surface area contributed by atoms with Crippen LogP contribution in [-0.2, 0) is 65.4 Å². The van der Waals surface area contributed by atoms with Gasteiger partial charge in [0.25, 0.3) is 0 Å². The number of carbonyl (C=O) groups is 4. The third-order valence-electron chi connectivity index (χ3n) is 16.7. The minimum absolute atomic E-state index is 0.105. The van der Waals surface area contributed by atoms with Crippen LogP contribution in [-0.4, -0.2) is 96.7 Å². The molecule has 0 aliphatic rings. The summed E-state index contributed by atoms with van der Waals surface area (Å²) in [6.07, 6.45) is 49.9. The van der Waals surface area contributed by atoms with Gasteiger partial charge in [0, 0.05) is 25.7 Å². The van der Waals surface area contributed by atoms with Crippen molar-refractivity contribution in [3.63, 3.8) is 0 Å². The molecule has 0 heterocycles. The molecule has 0 aliphatic heterocycles. The highest BCUT2D eigenvalue weighted by Gasteiger charge is 2.30. The summed E-state index contributed by atoms with van der Waals surface area (Å²) in [6.45, 7) is 9.53. The number of ether oxygens (including phenoxy) is 4. The van der Waals surface area contributed by atoms with E-state index in [4.69, 9.17) is 37.0 Å². The maximum absolute atomic E-state index is 13.0. The van der Waals surface area contributed by atoms with E-state index in [1.54, 1.807) is 0 Å². The van der Waals surface area contributed by atoms with Gasteiger partial charge in [-0.3, -0.25) is 37.3 Å². The molecule has 0 fully saturated rings. The first kappa shape index (κ1) is 89.1. The summed E-state index contributed by atoms with van der Waals surface area (Å²) in [7, 11) is -9.90. The number of phosphoric ester groups is 2. The SMILES string of the molecule is CCCCCCCCCCCCCCCCCC(=O)OC[C@H](COP(=O)(O)OC[C@@H](O)COP(=O)(O)OC[C@@H](COC(=O)CCCCCCCCCCC)OC(=O)CCCCCCCCCCC(C)C)OC(=O)CCCCCCCCCCCCCCCC(C)C. The highest BCUT2D eigenvalue weighted by Crippen LogP contribution is 2.45. The fraction of sp³-hybridized carbons (Fsp3) is 0.944. The Bertz CT molecular complexity index is 1770. The second kappa shape index (κ2) is 64.1. The van der Waals surface area contributed by atoms with Crippen LogP contribution in [0.15, 0.2) is 0 Å². The van der Waals surface area contributed by atoms with Gasteiger partial charge in [-0.2, -0.15) is 0 Å². The van der Waals surface area contributed by atoms with Gasteiger partial charge in [-0.15, -0.1) is 0 Å². The van der Waals surface area contributed by atoms with Gasteiger partial charge >= 0.3 is 39.5 Å². The largest absolute Gasteiger partial charge is 0.472 e. The molecule has 0 saturated heterocycles. The van der Waals surface area contributed by atoms with Crippen molar-refractivity contribution >= 4 is 39.5 Å². The molecule has 0 aromatic carbocycles. The lowest BCUT2D eigenvalue weighted by molar-refractivity contribution is -0.161. The summed E-state index contributed by atoms with van der Waals surface area (Å²) in [6, 6.07) is 0. The molecule has 0 rings (SSSR count). The molecule has 0 aromatic heterocycles. The van der Waals surface area contributed by atoms with Gasteiger partial charge in [-0.05, 0) is 37.5 Å². The fourth-order valence-electron chi connectivity index (χ4n) is 10.9. The molecule has 0 aromatic rings. The topological polar surface area (TPSA) is 237 Å². The Labute approximate surface area is 556 Å². The number of hydrogen-bond donors (Lipinski definition) is 3. The molecule has 3 N–H and O–H groups in total. The molecule has 2 unspecified atom stereocenters. The average molecular weight is 1340 g/mol. The number of carbonyl (C=O) groups excluding carboxylic acids is 4. The van der Waals surface area contributed by atoms with E-state index in [-0.39, 0.29) is 25.7 Å². The van der Waals surface area contributed by atoms with Crippen molar-refractivity contribution in [2.24, 2.45) is 11.8 Å². The number of unbranched alkanes of at least 4 members (excludes halogenated alkanes) is 41. The average Bonchev–Trinajstić information content (AvgIpc) is 3.64. The zero-order valence-corrected chi connectivity index (χ0v) is 60.9. The van der Waals surface area contributed by atoms with E-state index in [0.29, 0.717) is 25.7 Å². The third kappa shape index (κ3) is 66.5. The van der Waals surface area contributed by atoms with Crippen LogP contribution in [0.3, 0.4) is 0 Å². The summed E-state index contributed by atoms with van der Waals surface area (Å²) >= 11 is 0. The number of aliphatic hydroxyl groups excluding tert-OH is 1. The molecule has 0 saturated carbocycles. The first-order valence-electron chi connectivity index (χ1n) is 37.5. The normalized spacial score (nSPS) is 14.1. The van der Waals surface area contributed by atoms with Gasteiger partial charge in [-0.1, -0.05) is 318 Å². The molecule has 0 bridgehead atoms. The molecular weight excluding hydrogens is 1200 g/mol. The van der Waals surface area contributed by atoms with Crippen molar-refractivity contribution in [1.82, 2.24) is 0 Å². The lowest BCUT2D eigenvalue weighted by Gasteiger charge is -2.21. The zero-order chi connectivity index (χ0) is 67.2. The molecule has 0 amide bonds. The zero-order valence-electron chi connectivity index (χ0n) is 59.1.